The number of nitrogens with two attached hydrogens (primary N) is 1. The molecule has 4 nitrogen and oxygen atoms in total. The molecule has 1 aliphatic rings. The van der Waals surface area contributed by atoms with Crippen molar-refractivity contribution in [3.8, 4) is 0 Å². The van der Waals surface area contributed by atoms with E-state index < -0.39 is 10.0 Å². The first-order valence-electron chi connectivity index (χ1n) is 6.91. The van der Waals surface area contributed by atoms with Gasteiger partial charge in [-0.1, -0.05) is 30.3 Å². The Morgan fingerprint density at radius 2 is 1.90 bits per heavy atom. The molecule has 2 aromatic rings. The van der Waals surface area contributed by atoms with Crippen LogP contribution >= 0.6 is 12.6 Å². The highest BCUT2D eigenvalue weighted by atomic mass is 32.2. The summed E-state index contributed by atoms with van der Waals surface area (Å²) >= 11 is 4.41. The lowest BCUT2D eigenvalue weighted by Gasteiger charge is -2.22. The molecule has 0 spiro atoms. The number of benzene rings is 2. The number of thiol groups is 1. The molecule has 0 radical (unpaired) electrons. The van der Waals surface area contributed by atoms with Crippen LogP contribution in [0, 0.1) is 0 Å². The SMILES string of the molecule is NC[C@@H]1C[C@@H](S)CN1S(=O)(=O)c1ccc2ccccc2c1. The smallest absolute Gasteiger partial charge is 0.243 e. The predicted molar refractivity (Wildman–Crippen MR) is 88.1 cm³/mol. The Labute approximate surface area is 130 Å². The largest absolute Gasteiger partial charge is 0.329 e. The monoisotopic (exact) mass is 322 g/mol. The molecule has 0 aromatic heterocycles. The molecule has 112 valence electrons. The maximum atomic E-state index is 12.8. The Bertz CT molecular complexity index is 761. The van der Waals surface area contributed by atoms with Gasteiger partial charge in [-0.15, -0.1) is 0 Å². The van der Waals surface area contributed by atoms with Crippen molar-refractivity contribution in [2.75, 3.05) is 13.1 Å². The standard InChI is InChI=1S/C15H18N2O2S2/c16-9-13-8-14(20)10-17(13)21(18,19)15-6-5-11-3-1-2-4-12(11)7-15/h1-7,13-14,20H,8-10,16H2/t13-,14+/m0/s1. The highest BCUT2D eigenvalue weighted by Crippen LogP contribution is 2.29. The number of nitrogens with zero attached hydrogens (tertiary/aromatic N) is 1. The molecule has 1 fully saturated rings. The molecule has 21 heavy (non-hydrogen) atoms. The lowest BCUT2D eigenvalue weighted by molar-refractivity contribution is 0.393. The number of hydrogen-bond acceptors (Lipinski definition) is 4. The first-order chi connectivity index (χ1) is 10.0. The van der Waals surface area contributed by atoms with Gasteiger partial charge in [0.05, 0.1) is 4.90 Å². The second kappa shape index (κ2) is 5.61. The van der Waals surface area contributed by atoms with E-state index in [9.17, 15) is 8.42 Å². The average Bonchev–Trinajstić information content (AvgIpc) is 2.88. The van der Waals surface area contributed by atoms with Gasteiger partial charge in [-0.3, -0.25) is 0 Å². The van der Waals surface area contributed by atoms with Gasteiger partial charge >= 0.3 is 0 Å². The van der Waals surface area contributed by atoms with Gasteiger partial charge in [-0.25, -0.2) is 8.42 Å². The van der Waals surface area contributed by atoms with Crippen LogP contribution in [0.4, 0.5) is 0 Å². The molecule has 2 N–H and O–H groups in total. The third kappa shape index (κ3) is 2.68. The average molecular weight is 322 g/mol. The van der Waals surface area contributed by atoms with Crippen molar-refractivity contribution in [3.63, 3.8) is 0 Å². The lowest BCUT2D eigenvalue weighted by atomic mass is 10.1. The Morgan fingerprint density at radius 1 is 1.19 bits per heavy atom. The summed E-state index contributed by atoms with van der Waals surface area (Å²) in [5.41, 5.74) is 5.71. The molecular formula is C15H18N2O2S2. The number of sulfonamides is 1. The van der Waals surface area contributed by atoms with E-state index in [1.165, 1.54) is 4.31 Å². The van der Waals surface area contributed by atoms with E-state index in [1.54, 1.807) is 12.1 Å². The van der Waals surface area contributed by atoms with E-state index in [2.05, 4.69) is 12.6 Å². The van der Waals surface area contributed by atoms with E-state index in [1.807, 2.05) is 30.3 Å². The van der Waals surface area contributed by atoms with Crippen molar-refractivity contribution >= 4 is 33.4 Å². The molecule has 2 atom stereocenters. The zero-order valence-electron chi connectivity index (χ0n) is 11.5. The molecule has 1 heterocycles. The highest BCUT2D eigenvalue weighted by molar-refractivity contribution is 7.89. The van der Waals surface area contributed by atoms with Gasteiger partial charge in [-0.05, 0) is 29.3 Å². The van der Waals surface area contributed by atoms with Crippen molar-refractivity contribution in [2.45, 2.75) is 22.6 Å². The molecular weight excluding hydrogens is 304 g/mol. The van der Waals surface area contributed by atoms with Crippen LogP contribution in [-0.2, 0) is 10.0 Å². The molecule has 0 saturated carbocycles. The van der Waals surface area contributed by atoms with Crippen LogP contribution in [0.3, 0.4) is 0 Å². The lowest BCUT2D eigenvalue weighted by Crippen LogP contribution is -2.39. The summed E-state index contributed by atoms with van der Waals surface area (Å²) in [6.45, 7) is 0.740. The van der Waals surface area contributed by atoms with E-state index in [-0.39, 0.29) is 11.3 Å². The summed E-state index contributed by atoms with van der Waals surface area (Å²) in [5, 5.41) is 2.00. The maximum Gasteiger partial charge on any atom is 0.243 e. The van der Waals surface area contributed by atoms with Crippen molar-refractivity contribution in [2.24, 2.45) is 5.73 Å². The summed E-state index contributed by atoms with van der Waals surface area (Å²) in [6.07, 6.45) is 0.701. The minimum atomic E-state index is -3.52. The van der Waals surface area contributed by atoms with Crippen molar-refractivity contribution in [3.05, 3.63) is 42.5 Å². The fourth-order valence-electron chi connectivity index (χ4n) is 2.83. The van der Waals surface area contributed by atoms with Crippen LogP contribution in [0.1, 0.15) is 6.42 Å². The topological polar surface area (TPSA) is 63.4 Å². The van der Waals surface area contributed by atoms with E-state index >= 15 is 0 Å². The molecule has 3 rings (SSSR count). The van der Waals surface area contributed by atoms with Crippen LogP contribution in [0.2, 0.25) is 0 Å². The fraction of sp³-hybridized carbons (Fsp3) is 0.333. The number of hydrogen-bond donors (Lipinski definition) is 2. The van der Waals surface area contributed by atoms with Gasteiger partial charge in [0.15, 0.2) is 0 Å². The zero-order valence-corrected chi connectivity index (χ0v) is 13.2. The van der Waals surface area contributed by atoms with Gasteiger partial charge in [0.1, 0.15) is 0 Å². The Balaban J connectivity index is 2.03. The molecule has 0 unspecified atom stereocenters. The third-order valence-corrected chi connectivity index (χ3v) is 6.23. The molecule has 0 aliphatic carbocycles. The van der Waals surface area contributed by atoms with Crippen molar-refractivity contribution in [1.29, 1.82) is 0 Å². The minimum Gasteiger partial charge on any atom is -0.329 e. The zero-order chi connectivity index (χ0) is 15.0. The van der Waals surface area contributed by atoms with Crippen LogP contribution in [0.5, 0.6) is 0 Å². The maximum absolute atomic E-state index is 12.8. The minimum absolute atomic E-state index is 0.0498. The fourth-order valence-corrected chi connectivity index (χ4v) is 5.09. The summed E-state index contributed by atoms with van der Waals surface area (Å²) in [4.78, 5) is 0.321. The first-order valence-corrected chi connectivity index (χ1v) is 8.87. The van der Waals surface area contributed by atoms with Crippen LogP contribution in [0.25, 0.3) is 10.8 Å². The van der Waals surface area contributed by atoms with E-state index in [4.69, 9.17) is 5.73 Å². The molecule has 2 aromatic carbocycles. The Kier molecular flexibility index (Phi) is 3.96. The Hall–Kier alpha value is -1.08. The van der Waals surface area contributed by atoms with Gasteiger partial charge in [-0.2, -0.15) is 16.9 Å². The molecule has 0 amide bonds. The van der Waals surface area contributed by atoms with Gasteiger partial charge in [0.2, 0.25) is 10.0 Å². The van der Waals surface area contributed by atoms with Crippen LogP contribution in [-0.4, -0.2) is 37.1 Å². The summed E-state index contributed by atoms with van der Waals surface area (Å²) < 4.78 is 27.2. The van der Waals surface area contributed by atoms with Crippen molar-refractivity contribution in [1.82, 2.24) is 4.31 Å². The summed E-state index contributed by atoms with van der Waals surface area (Å²) in [7, 11) is -3.52. The quantitative estimate of drug-likeness (QED) is 0.848. The van der Waals surface area contributed by atoms with E-state index in [0.717, 1.165) is 10.8 Å². The van der Waals surface area contributed by atoms with Crippen LogP contribution < -0.4 is 5.73 Å². The Morgan fingerprint density at radius 3 is 2.62 bits per heavy atom. The summed E-state index contributed by atoms with van der Waals surface area (Å²) in [6, 6.07) is 12.8. The normalized spacial score (nSPS) is 23.7. The first kappa shape index (κ1) is 14.8. The molecule has 1 aliphatic heterocycles. The number of fused-ring (bicyclic) bond motifs is 1. The number of rotatable bonds is 3. The molecule has 6 heteroatoms. The van der Waals surface area contributed by atoms with E-state index in [0.29, 0.717) is 24.4 Å². The van der Waals surface area contributed by atoms with Gasteiger partial charge in [0, 0.05) is 24.4 Å². The summed E-state index contributed by atoms with van der Waals surface area (Å²) in [5.74, 6) is 0. The third-order valence-electron chi connectivity index (χ3n) is 3.94. The highest BCUT2D eigenvalue weighted by Gasteiger charge is 2.38. The van der Waals surface area contributed by atoms with Crippen molar-refractivity contribution < 1.29 is 8.42 Å². The molecule has 1 saturated heterocycles. The van der Waals surface area contributed by atoms with Gasteiger partial charge in [0.25, 0.3) is 0 Å². The predicted octanol–water partition coefficient (Wildman–Crippen LogP) is 1.86. The second-order valence-electron chi connectivity index (χ2n) is 5.36. The molecule has 0 bridgehead atoms. The second-order valence-corrected chi connectivity index (χ2v) is 7.98. The van der Waals surface area contributed by atoms with Crippen LogP contribution in [0.15, 0.2) is 47.4 Å². The van der Waals surface area contributed by atoms with Gasteiger partial charge < -0.3 is 5.73 Å².